The number of fused-ring (bicyclic) bond motifs is 1. The zero-order chi connectivity index (χ0) is 20.4. The Morgan fingerprint density at radius 2 is 1.90 bits per heavy atom. The number of rotatable bonds is 8. The van der Waals surface area contributed by atoms with Crippen LogP contribution < -0.4 is 10.6 Å². The van der Waals surface area contributed by atoms with Gasteiger partial charge in [-0.1, -0.05) is 41.4 Å². The van der Waals surface area contributed by atoms with Crippen molar-refractivity contribution in [3.05, 3.63) is 48.0 Å². The second kappa shape index (κ2) is 8.26. The van der Waals surface area contributed by atoms with E-state index in [9.17, 15) is 13.6 Å². The summed E-state index contributed by atoms with van der Waals surface area (Å²) in [5.74, 6) is 1.07. The molecule has 2 N–H and O–H groups in total. The molecule has 150 valence electrons. The van der Waals surface area contributed by atoms with Crippen LogP contribution in [0.15, 0.2) is 42.5 Å². The van der Waals surface area contributed by atoms with Crippen molar-refractivity contribution in [1.82, 2.24) is 10.2 Å². The first kappa shape index (κ1) is 19.5. The minimum absolute atomic E-state index is 0.00416. The summed E-state index contributed by atoms with van der Waals surface area (Å²) < 4.78 is 21.7. The quantitative estimate of drug-likeness (QED) is 0.436. The molecule has 0 saturated heterocycles. The average molecular weight is 409 g/mol. The molecule has 1 heterocycles. The van der Waals surface area contributed by atoms with Crippen molar-refractivity contribution in [2.45, 2.75) is 31.6 Å². The van der Waals surface area contributed by atoms with E-state index >= 15 is 0 Å². The van der Waals surface area contributed by atoms with E-state index in [1.807, 2.05) is 42.5 Å². The standard InChI is InChI=1S/C21H22N4O3S/c1-13(15-6-7-15)23-20-18-9-8-17(10-19(18)24-25-21(20)22-12-26)16-4-2-14(3-5-16)11-29(27)28/h2-5,8-10,12-13,15H,6-7,11H2,1H3,(H,23,24)(H,27,28)(H,22,25,26)/p-1/t13-/m1/s1. The smallest absolute Gasteiger partial charge is 0.212 e. The first-order valence-electron chi connectivity index (χ1n) is 9.47. The third-order valence-corrected chi connectivity index (χ3v) is 5.80. The van der Waals surface area contributed by atoms with Gasteiger partial charge in [-0.2, -0.15) is 0 Å². The molecule has 1 aromatic heterocycles. The first-order valence-corrected chi connectivity index (χ1v) is 10.7. The average Bonchev–Trinajstić information content (AvgIpc) is 3.55. The van der Waals surface area contributed by atoms with Crippen molar-refractivity contribution in [2.75, 3.05) is 10.6 Å². The van der Waals surface area contributed by atoms with Gasteiger partial charge in [-0.05, 0) is 54.5 Å². The largest absolute Gasteiger partial charge is 0.772 e. The summed E-state index contributed by atoms with van der Waals surface area (Å²) >= 11 is -2.10. The Hall–Kier alpha value is -2.84. The molecule has 3 aromatic rings. The highest BCUT2D eigenvalue weighted by molar-refractivity contribution is 7.78. The number of nitrogens with one attached hydrogen (secondary N) is 2. The maximum absolute atomic E-state index is 11.0. The molecule has 1 aliphatic rings. The number of anilines is 2. The van der Waals surface area contributed by atoms with Crippen LogP contribution in [0.25, 0.3) is 22.0 Å². The third kappa shape index (κ3) is 4.44. The molecule has 0 aliphatic heterocycles. The second-order valence-electron chi connectivity index (χ2n) is 7.33. The van der Waals surface area contributed by atoms with Crippen LogP contribution in [0.1, 0.15) is 25.3 Å². The highest BCUT2D eigenvalue weighted by Crippen LogP contribution is 2.37. The molecule has 0 spiro atoms. The van der Waals surface area contributed by atoms with Crippen molar-refractivity contribution >= 4 is 39.9 Å². The van der Waals surface area contributed by atoms with Crippen LogP contribution in [0.2, 0.25) is 0 Å². The monoisotopic (exact) mass is 409 g/mol. The molecular formula is C21H21N4O3S-. The number of benzene rings is 2. The predicted molar refractivity (Wildman–Crippen MR) is 113 cm³/mol. The van der Waals surface area contributed by atoms with Crippen LogP contribution in [0.5, 0.6) is 0 Å². The molecule has 7 nitrogen and oxygen atoms in total. The van der Waals surface area contributed by atoms with Crippen LogP contribution in [0.3, 0.4) is 0 Å². The Labute approximate surface area is 171 Å². The highest BCUT2D eigenvalue weighted by Gasteiger charge is 2.29. The number of carbonyl (C=O) groups is 1. The normalized spacial score (nSPS) is 15.7. The molecular weight excluding hydrogens is 388 g/mol. The molecule has 0 radical (unpaired) electrons. The Morgan fingerprint density at radius 1 is 1.17 bits per heavy atom. The SMILES string of the molecule is C[C@@H](Nc1c(NC=O)nnc2cc(-c3ccc(CS(=O)[O-])cc3)ccc12)C1CC1. The maximum atomic E-state index is 11.0. The van der Waals surface area contributed by atoms with E-state index in [2.05, 4.69) is 27.8 Å². The maximum Gasteiger partial charge on any atom is 0.212 e. The van der Waals surface area contributed by atoms with Gasteiger partial charge in [0.1, 0.15) is 0 Å². The fraction of sp³-hybridized carbons (Fsp3) is 0.286. The van der Waals surface area contributed by atoms with E-state index in [1.54, 1.807) is 0 Å². The lowest BCUT2D eigenvalue weighted by molar-refractivity contribution is -0.105. The molecule has 29 heavy (non-hydrogen) atoms. The van der Waals surface area contributed by atoms with Gasteiger partial charge in [0.25, 0.3) is 0 Å². The molecule has 1 saturated carbocycles. The van der Waals surface area contributed by atoms with Gasteiger partial charge >= 0.3 is 0 Å². The number of hydrogen-bond acceptors (Lipinski definition) is 6. The molecule has 1 unspecified atom stereocenters. The van der Waals surface area contributed by atoms with E-state index in [-0.39, 0.29) is 11.8 Å². The first-order chi connectivity index (χ1) is 14.0. The Kier molecular flexibility index (Phi) is 5.55. The summed E-state index contributed by atoms with van der Waals surface area (Å²) in [5, 5.41) is 15.5. The summed E-state index contributed by atoms with van der Waals surface area (Å²) in [6.45, 7) is 2.14. The van der Waals surface area contributed by atoms with Gasteiger partial charge in [-0.25, -0.2) is 0 Å². The number of nitrogens with zero attached hydrogens (tertiary/aromatic N) is 2. The lowest BCUT2D eigenvalue weighted by Crippen LogP contribution is -2.19. The van der Waals surface area contributed by atoms with E-state index in [0.29, 0.717) is 23.7 Å². The van der Waals surface area contributed by atoms with Gasteiger partial charge in [0.2, 0.25) is 6.41 Å². The van der Waals surface area contributed by atoms with Crippen LogP contribution in [0.4, 0.5) is 11.5 Å². The summed E-state index contributed by atoms with van der Waals surface area (Å²) in [6, 6.07) is 13.6. The van der Waals surface area contributed by atoms with Gasteiger partial charge in [0.15, 0.2) is 5.82 Å². The predicted octanol–water partition coefficient (Wildman–Crippen LogP) is 3.45. The summed E-state index contributed by atoms with van der Waals surface area (Å²) in [4.78, 5) is 11.0. The zero-order valence-electron chi connectivity index (χ0n) is 15.9. The lowest BCUT2D eigenvalue weighted by Gasteiger charge is -2.18. The Balaban J connectivity index is 1.69. The summed E-state index contributed by atoms with van der Waals surface area (Å²) in [6.07, 6.45) is 3.02. The topological polar surface area (TPSA) is 107 Å². The molecule has 2 atom stereocenters. The van der Waals surface area contributed by atoms with Gasteiger partial charge in [0, 0.05) is 17.2 Å². The van der Waals surface area contributed by atoms with Crippen molar-refractivity contribution in [2.24, 2.45) is 5.92 Å². The minimum atomic E-state index is -2.10. The molecule has 1 aliphatic carbocycles. The zero-order valence-corrected chi connectivity index (χ0v) is 16.7. The van der Waals surface area contributed by atoms with Crippen molar-refractivity contribution in [3.8, 4) is 11.1 Å². The number of amides is 1. The minimum Gasteiger partial charge on any atom is -0.772 e. The van der Waals surface area contributed by atoms with Crippen molar-refractivity contribution in [1.29, 1.82) is 0 Å². The fourth-order valence-electron chi connectivity index (χ4n) is 3.46. The van der Waals surface area contributed by atoms with Gasteiger partial charge in [-0.3, -0.25) is 9.00 Å². The van der Waals surface area contributed by atoms with Gasteiger partial charge in [0.05, 0.1) is 11.2 Å². The molecule has 8 heteroatoms. The Morgan fingerprint density at radius 3 is 2.55 bits per heavy atom. The van der Waals surface area contributed by atoms with E-state index in [1.165, 1.54) is 12.8 Å². The lowest BCUT2D eigenvalue weighted by atomic mass is 10.0. The molecule has 2 aromatic carbocycles. The summed E-state index contributed by atoms with van der Waals surface area (Å²) in [7, 11) is 0. The Bertz CT molecular complexity index is 1070. The molecule has 1 fully saturated rings. The summed E-state index contributed by atoms with van der Waals surface area (Å²) in [5.41, 5.74) is 4.16. The van der Waals surface area contributed by atoms with E-state index in [4.69, 9.17) is 0 Å². The number of hydrogen-bond donors (Lipinski definition) is 2. The fourth-order valence-corrected chi connectivity index (χ4v) is 3.93. The second-order valence-corrected chi connectivity index (χ2v) is 8.23. The van der Waals surface area contributed by atoms with Crippen LogP contribution >= 0.6 is 0 Å². The van der Waals surface area contributed by atoms with Crippen molar-refractivity contribution < 1.29 is 13.6 Å². The van der Waals surface area contributed by atoms with E-state index in [0.717, 1.165) is 27.8 Å². The van der Waals surface area contributed by atoms with Gasteiger partial charge < -0.3 is 15.2 Å². The molecule has 1 amide bonds. The van der Waals surface area contributed by atoms with Crippen LogP contribution in [0, 0.1) is 5.92 Å². The van der Waals surface area contributed by atoms with Crippen molar-refractivity contribution in [3.63, 3.8) is 0 Å². The molecule has 4 rings (SSSR count). The van der Waals surface area contributed by atoms with Gasteiger partial charge in [-0.15, -0.1) is 10.2 Å². The number of carbonyl (C=O) groups excluding carboxylic acids is 1. The number of aromatic nitrogens is 2. The third-order valence-electron chi connectivity index (χ3n) is 5.23. The van der Waals surface area contributed by atoms with Crippen LogP contribution in [-0.4, -0.2) is 31.4 Å². The van der Waals surface area contributed by atoms with Crippen LogP contribution in [-0.2, 0) is 21.6 Å². The molecule has 0 bridgehead atoms. The highest BCUT2D eigenvalue weighted by atomic mass is 32.2. The van der Waals surface area contributed by atoms with E-state index < -0.39 is 11.1 Å².